The second kappa shape index (κ2) is 5.63. The van der Waals surface area contributed by atoms with Crippen molar-refractivity contribution >= 4 is 40.5 Å². The molecule has 0 radical (unpaired) electrons. The van der Waals surface area contributed by atoms with Gasteiger partial charge in [-0.15, -0.1) is 0 Å². The molecule has 0 saturated carbocycles. The quantitative estimate of drug-likeness (QED) is 0.914. The highest BCUT2D eigenvalue weighted by molar-refractivity contribution is 6.37. The predicted molar refractivity (Wildman–Crippen MR) is 78.3 cm³/mol. The van der Waals surface area contributed by atoms with Crippen LogP contribution in [-0.2, 0) is 0 Å². The summed E-state index contributed by atoms with van der Waals surface area (Å²) in [4.78, 5) is 6.02. The van der Waals surface area contributed by atoms with E-state index in [1.807, 2.05) is 0 Å². The van der Waals surface area contributed by atoms with Crippen LogP contribution in [0.15, 0.2) is 30.3 Å². The lowest BCUT2D eigenvalue weighted by molar-refractivity contribution is 0.628. The smallest absolute Gasteiger partial charge is 0.154 e. The van der Waals surface area contributed by atoms with Crippen molar-refractivity contribution in [3.63, 3.8) is 0 Å². The standard InChI is InChI=1S/C13H12Cl2FN3/c1-17-12-10(14)7-11(15)13(18-12)19(2)9-5-3-4-8(16)6-9/h3-7H,1-2H3,(H,17,18). The van der Waals surface area contributed by atoms with E-state index in [1.165, 1.54) is 12.1 Å². The molecule has 0 aliphatic rings. The van der Waals surface area contributed by atoms with Gasteiger partial charge in [0.15, 0.2) is 5.82 Å². The van der Waals surface area contributed by atoms with Gasteiger partial charge in [0, 0.05) is 19.8 Å². The third kappa shape index (κ3) is 2.91. The van der Waals surface area contributed by atoms with Crippen LogP contribution >= 0.6 is 23.2 Å². The molecule has 0 aliphatic carbocycles. The Hall–Kier alpha value is -1.52. The lowest BCUT2D eigenvalue weighted by atomic mass is 10.3. The molecule has 0 aliphatic heterocycles. The molecule has 0 unspecified atom stereocenters. The lowest BCUT2D eigenvalue weighted by Gasteiger charge is -2.20. The Balaban J connectivity index is 2.46. The number of aromatic nitrogens is 1. The Morgan fingerprint density at radius 1 is 1.21 bits per heavy atom. The van der Waals surface area contributed by atoms with Gasteiger partial charge in [-0.2, -0.15) is 0 Å². The van der Waals surface area contributed by atoms with Gasteiger partial charge in [-0.3, -0.25) is 0 Å². The average Bonchev–Trinajstić information content (AvgIpc) is 2.38. The van der Waals surface area contributed by atoms with Gasteiger partial charge >= 0.3 is 0 Å². The molecule has 19 heavy (non-hydrogen) atoms. The van der Waals surface area contributed by atoms with Crippen molar-refractivity contribution in [3.05, 3.63) is 46.2 Å². The van der Waals surface area contributed by atoms with E-state index in [9.17, 15) is 4.39 Å². The zero-order chi connectivity index (χ0) is 14.0. The van der Waals surface area contributed by atoms with Crippen molar-refractivity contribution in [3.8, 4) is 0 Å². The van der Waals surface area contributed by atoms with Crippen LogP contribution in [0.1, 0.15) is 0 Å². The van der Waals surface area contributed by atoms with E-state index < -0.39 is 0 Å². The van der Waals surface area contributed by atoms with Crippen molar-refractivity contribution in [1.29, 1.82) is 0 Å². The van der Waals surface area contributed by atoms with Crippen molar-refractivity contribution in [2.24, 2.45) is 0 Å². The van der Waals surface area contributed by atoms with Crippen LogP contribution < -0.4 is 10.2 Å². The van der Waals surface area contributed by atoms with Crippen LogP contribution in [-0.4, -0.2) is 19.1 Å². The summed E-state index contributed by atoms with van der Waals surface area (Å²) in [6.45, 7) is 0. The number of hydrogen-bond donors (Lipinski definition) is 1. The Morgan fingerprint density at radius 3 is 2.58 bits per heavy atom. The van der Waals surface area contributed by atoms with Crippen molar-refractivity contribution in [2.45, 2.75) is 0 Å². The summed E-state index contributed by atoms with van der Waals surface area (Å²) >= 11 is 12.1. The van der Waals surface area contributed by atoms with Gasteiger partial charge in [-0.05, 0) is 24.3 Å². The Morgan fingerprint density at radius 2 is 1.95 bits per heavy atom. The molecule has 0 amide bonds. The molecule has 0 bridgehead atoms. The molecule has 1 N–H and O–H groups in total. The maximum Gasteiger partial charge on any atom is 0.154 e. The number of halogens is 3. The number of pyridine rings is 1. The molecule has 2 aromatic rings. The fourth-order valence-corrected chi connectivity index (χ4v) is 2.25. The second-order valence-electron chi connectivity index (χ2n) is 3.91. The van der Waals surface area contributed by atoms with Gasteiger partial charge in [0.1, 0.15) is 11.6 Å². The minimum absolute atomic E-state index is 0.316. The van der Waals surface area contributed by atoms with Crippen LogP contribution in [0.3, 0.4) is 0 Å². The molecule has 2 rings (SSSR count). The summed E-state index contributed by atoms with van der Waals surface area (Å²) in [6, 6.07) is 7.80. The van der Waals surface area contributed by atoms with Crippen LogP contribution in [0.5, 0.6) is 0 Å². The van der Waals surface area contributed by atoms with Crippen LogP contribution in [0.25, 0.3) is 0 Å². The zero-order valence-electron chi connectivity index (χ0n) is 10.4. The summed E-state index contributed by atoms with van der Waals surface area (Å²) in [5.41, 5.74) is 0.652. The largest absolute Gasteiger partial charge is 0.372 e. The van der Waals surface area contributed by atoms with Gasteiger partial charge in [0.2, 0.25) is 0 Å². The lowest BCUT2D eigenvalue weighted by Crippen LogP contribution is -2.13. The minimum Gasteiger partial charge on any atom is -0.372 e. The van der Waals surface area contributed by atoms with E-state index >= 15 is 0 Å². The molecule has 0 fully saturated rings. The molecule has 6 heteroatoms. The third-order valence-electron chi connectivity index (χ3n) is 2.66. The van der Waals surface area contributed by atoms with Crippen molar-refractivity contribution in [1.82, 2.24) is 4.98 Å². The molecule has 0 atom stereocenters. The molecule has 100 valence electrons. The van der Waals surface area contributed by atoms with E-state index in [4.69, 9.17) is 23.2 Å². The third-order valence-corrected chi connectivity index (χ3v) is 3.23. The first-order valence-corrected chi connectivity index (χ1v) is 6.31. The van der Waals surface area contributed by atoms with Gasteiger partial charge in [-0.25, -0.2) is 9.37 Å². The van der Waals surface area contributed by atoms with E-state index in [2.05, 4.69) is 10.3 Å². The van der Waals surface area contributed by atoms with Gasteiger partial charge < -0.3 is 10.2 Å². The van der Waals surface area contributed by atoms with E-state index in [0.717, 1.165) is 0 Å². The van der Waals surface area contributed by atoms with Crippen LogP contribution in [0.2, 0.25) is 10.0 Å². The first-order chi connectivity index (χ1) is 9.02. The molecule has 0 spiro atoms. The average molecular weight is 300 g/mol. The molecule has 1 heterocycles. The Labute approximate surface area is 121 Å². The van der Waals surface area contributed by atoms with Gasteiger partial charge in [0.05, 0.1) is 10.0 Å². The summed E-state index contributed by atoms with van der Waals surface area (Å²) in [6.07, 6.45) is 0. The van der Waals surface area contributed by atoms with Crippen molar-refractivity contribution in [2.75, 3.05) is 24.3 Å². The first-order valence-electron chi connectivity index (χ1n) is 5.56. The fraction of sp³-hybridized carbons (Fsp3) is 0.154. The number of hydrogen-bond acceptors (Lipinski definition) is 3. The molecular weight excluding hydrogens is 288 g/mol. The summed E-state index contributed by atoms with van der Waals surface area (Å²) in [7, 11) is 3.48. The fourth-order valence-electron chi connectivity index (χ4n) is 1.67. The highest BCUT2D eigenvalue weighted by atomic mass is 35.5. The number of benzene rings is 1. The highest BCUT2D eigenvalue weighted by Gasteiger charge is 2.14. The predicted octanol–water partition coefficient (Wildman–Crippen LogP) is 4.34. The van der Waals surface area contributed by atoms with Gasteiger partial charge in [0.25, 0.3) is 0 Å². The SMILES string of the molecule is CNc1nc(N(C)c2cccc(F)c2)c(Cl)cc1Cl. The number of rotatable bonds is 3. The summed E-state index contributed by atoms with van der Waals surface area (Å²) in [5, 5.41) is 3.71. The van der Waals surface area contributed by atoms with E-state index in [1.54, 1.807) is 37.2 Å². The van der Waals surface area contributed by atoms with E-state index in [0.29, 0.717) is 27.4 Å². The molecule has 1 aromatic carbocycles. The molecular formula is C13H12Cl2FN3. The first kappa shape index (κ1) is 13.9. The maximum absolute atomic E-state index is 13.2. The number of nitrogens with one attached hydrogen (secondary N) is 1. The minimum atomic E-state index is -0.316. The van der Waals surface area contributed by atoms with Gasteiger partial charge in [-0.1, -0.05) is 29.3 Å². The number of anilines is 3. The Kier molecular flexibility index (Phi) is 4.12. The molecule has 1 aromatic heterocycles. The number of nitrogens with zero attached hydrogens (tertiary/aromatic N) is 2. The Bertz CT molecular complexity index is 604. The molecule has 0 saturated heterocycles. The second-order valence-corrected chi connectivity index (χ2v) is 4.73. The van der Waals surface area contributed by atoms with Crippen LogP contribution in [0.4, 0.5) is 21.7 Å². The van der Waals surface area contributed by atoms with Crippen molar-refractivity contribution < 1.29 is 4.39 Å². The highest BCUT2D eigenvalue weighted by Crippen LogP contribution is 2.34. The normalized spacial score (nSPS) is 10.4. The maximum atomic E-state index is 13.2. The zero-order valence-corrected chi connectivity index (χ0v) is 11.9. The summed E-state index contributed by atoms with van der Waals surface area (Å²) < 4.78 is 13.2. The topological polar surface area (TPSA) is 28.2 Å². The van der Waals surface area contributed by atoms with E-state index in [-0.39, 0.29) is 5.82 Å². The monoisotopic (exact) mass is 299 g/mol. The summed E-state index contributed by atoms with van der Waals surface area (Å²) in [5.74, 6) is 0.702. The molecule has 3 nitrogen and oxygen atoms in total. The van der Waals surface area contributed by atoms with Crippen LogP contribution in [0, 0.1) is 5.82 Å².